The fourth-order valence-corrected chi connectivity index (χ4v) is 2.17. The fraction of sp³-hybridized carbons (Fsp3) is 0.500. The molecule has 19 heavy (non-hydrogen) atoms. The van der Waals surface area contributed by atoms with Crippen LogP contribution < -0.4 is 11.1 Å². The Bertz CT molecular complexity index is 408. The van der Waals surface area contributed by atoms with Crippen LogP contribution in [0.15, 0.2) is 24.3 Å². The van der Waals surface area contributed by atoms with E-state index in [4.69, 9.17) is 5.73 Å². The summed E-state index contributed by atoms with van der Waals surface area (Å²) >= 11 is 0. The summed E-state index contributed by atoms with van der Waals surface area (Å²) in [6, 6.07) is 8.43. The summed E-state index contributed by atoms with van der Waals surface area (Å²) in [5.74, 6) is 0.0738. The summed E-state index contributed by atoms with van der Waals surface area (Å²) in [5, 5.41) is 2.94. The lowest BCUT2D eigenvalue weighted by atomic mass is 10.1. The van der Waals surface area contributed by atoms with Crippen LogP contribution in [0, 0.1) is 6.92 Å². The van der Waals surface area contributed by atoms with Gasteiger partial charge in [-0.3, -0.25) is 9.69 Å². The van der Waals surface area contributed by atoms with Gasteiger partial charge in [-0.2, -0.15) is 0 Å². The Hall–Kier alpha value is -1.10. The molecule has 1 heterocycles. The largest absolute Gasteiger partial charge is 0.351 e. The predicted octanol–water partition coefficient (Wildman–Crippen LogP) is 1.07. The Morgan fingerprint density at radius 3 is 2.68 bits per heavy atom. The van der Waals surface area contributed by atoms with Gasteiger partial charge in [0.05, 0.1) is 6.54 Å². The Morgan fingerprint density at radius 1 is 1.42 bits per heavy atom. The second-order valence-electron chi connectivity index (χ2n) is 5.05. The molecule has 1 saturated heterocycles. The lowest BCUT2D eigenvalue weighted by Crippen LogP contribution is -2.37. The number of aryl methyl sites for hydroxylation is 1. The van der Waals surface area contributed by atoms with E-state index in [2.05, 4.69) is 29.3 Å². The summed E-state index contributed by atoms with van der Waals surface area (Å²) in [6.07, 6.45) is 0.991. The zero-order valence-electron chi connectivity index (χ0n) is 11.3. The van der Waals surface area contributed by atoms with E-state index >= 15 is 0 Å². The van der Waals surface area contributed by atoms with Crippen LogP contribution in [0.2, 0.25) is 0 Å². The van der Waals surface area contributed by atoms with Gasteiger partial charge in [0, 0.05) is 25.7 Å². The fourth-order valence-electron chi connectivity index (χ4n) is 2.17. The van der Waals surface area contributed by atoms with Crippen LogP contribution in [-0.2, 0) is 11.3 Å². The topological polar surface area (TPSA) is 58.4 Å². The summed E-state index contributed by atoms with van der Waals surface area (Å²) in [7, 11) is 0. The maximum absolute atomic E-state index is 11.8. The average Bonchev–Trinajstić information content (AvgIpc) is 2.74. The molecule has 0 radical (unpaired) electrons. The van der Waals surface area contributed by atoms with Crippen LogP contribution in [-0.4, -0.2) is 36.5 Å². The van der Waals surface area contributed by atoms with E-state index in [1.165, 1.54) is 5.56 Å². The molecule has 5 heteroatoms. The molecule has 2 rings (SSSR count). The van der Waals surface area contributed by atoms with Crippen molar-refractivity contribution in [2.75, 3.05) is 19.6 Å². The van der Waals surface area contributed by atoms with E-state index in [-0.39, 0.29) is 24.4 Å². The minimum absolute atomic E-state index is 0. The lowest BCUT2D eigenvalue weighted by Gasteiger charge is -2.14. The smallest absolute Gasteiger partial charge is 0.234 e. The molecule has 1 amide bonds. The predicted molar refractivity (Wildman–Crippen MR) is 79.3 cm³/mol. The van der Waals surface area contributed by atoms with Crippen LogP contribution in [0.1, 0.15) is 17.5 Å². The van der Waals surface area contributed by atoms with Crippen molar-refractivity contribution in [3.05, 3.63) is 35.4 Å². The number of nitrogens with two attached hydrogens (primary N) is 1. The number of carbonyl (C=O) groups excluding carboxylic acids is 1. The first-order valence-corrected chi connectivity index (χ1v) is 6.43. The van der Waals surface area contributed by atoms with E-state index in [1.54, 1.807) is 0 Å². The molecule has 1 aromatic rings. The van der Waals surface area contributed by atoms with E-state index in [0.717, 1.165) is 25.1 Å². The molecule has 4 nitrogen and oxygen atoms in total. The minimum Gasteiger partial charge on any atom is -0.351 e. The molecule has 0 spiro atoms. The zero-order valence-corrected chi connectivity index (χ0v) is 12.1. The molecule has 0 aliphatic carbocycles. The Morgan fingerprint density at radius 2 is 2.11 bits per heavy atom. The maximum Gasteiger partial charge on any atom is 0.234 e. The Balaban J connectivity index is 0.00000180. The van der Waals surface area contributed by atoms with E-state index in [9.17, 15) is 4.79 Å². The number of nitrogens with zero attached hydrogens (tertiary/aromatic N) is 1. The van der Waals surface area contributed by atoms with Crippen molar-refractivity contribution in [3.8, 4) is 0 Å². The van der Waals surface area contributed by atoms with Crippen LogP contribution in [0.3, 0.4) is 0 Å². The number of carbonyl (C=O) groups is 1. The maximum atomic E-state index is 11.8. The Kier molecular flexibility index (Phi) is 6.28. The number of likely N-dealkylation sites (tertiary alicyclic amines) is 1. The summed E-state index contributed by atoms with van der Waals surface area (Å²) < 4.78 is 0. The first kappa shape index (κ1) is 16.0. The number of hydrogen-bond acceptors (Lipinski definition) is 3. The second kappa shape index (κ2) is 7.48. The van der Waals surface area contributed by atoms with Gasteiger partial charge in [-0.1, -0.05) is 29.8 Å². The third-order valence-corrected chi connectivity index (χ3v) is 3.29. The number of benzene rings is 1. The molecular weight excluding hydrogens is 262 g/mol. The van der Waals surface area contributed by atoms with Gasteiger partial charge in [0.1, 0.15) is 0 Å². The highest BCUT2D eigenvalue weighted by molar-refractivity contribution is 5.85. The van der Waals surface area contributed by atoms with Crippen molar-refractivity contribution in [3.63, 3.8) is 0 Å². The van der Waals surface area contributed by atoms with Crippen molar-refractivity contribution in [2.45, 2.75) is 25.9 Å². The van der Waals surface area contributed by atoms with Gasteiger partial charge >= 0.3 is 0 Å². The molecular formula is C14H22ClN3O. The molecule has 1 atom stereocenters. The van der Waals surface area contributed by atoms with Crippen molar-refractivity contribution in [1.82, 2.24) is 10.2 Å². The molecule has 0 aromatic heterocycles. The van der Waals surface area contributed by atoms with E-state index < -0.39 is 0 Å². The highest BCUT2D eigenvalue weighted by Gasteiger charge is 2.20. The number of amides is 1. The van der Waals surface area contributed by atoms with Gasteiger partial charge in [0.25, 0.3) is 0 Å². The van der Waals surface area contributed by atoms with Crippen LogP contribution in [0.4, 0.5) is 0 Å². The average molecular weight is 284 g/mol. The first-order valence-electron chi connectivity index (χ1n) is 6.43. The third-order valence-electron chi connectivity index (χ3n) is 3.29. The highest BCUT2D eigenvalue weighted by atomic mass is 35.5. The molecule has 0 unspecified atom stereocenters. The van der Waals surface area contributed by atoms with E-state index in [1.807, 2.05) is 12.1 Å². The standard InChI is InChI=1S/C14H21N3O.ClH/c1-11-2-4-12(5-3-11)8-16-14(18)10-17-7-6-13(15)9-17;/h2-5,13H,6-10,15H2,1H3,(H,16,18);1H/t13-;/m1./s1. The first-order chi connectivity index (χ1) is 8.63. The molecule has 1 fully saturated rings. The molecule has 1 aliphatic heterocycles. The second-order valence-corrected chi connectivity index (χ2v) is 5.05. The summed E-state index contributed by atoms with van der Waals surface area (Å²) in [4.78, 5) is 13.9. The van der Waals surface area contributed by atoms with Crippen molar-refractivity contribution < 1.29 is 4.79 Å². The monoisotopic (exact) mass is 283 g/mol. The van der Waals surface area contributed by atoms with Gasteiger partial charge in [-0.25, -0.2) is 0 Å². The Labute approximate surface area is 120 Å². The van der Waals surface area contributed by atoms with E-state index in [0.29, 0.717) is 13.1 Å². The van der Waals surface area contributed by atoms with Gasteiger partial charge in [-0.05, 0) is 18.9 Å². The van der Waals surface area contributed by atoms with Crippen molar-refractivity contribution in [2.24, 2.45) is 5.73 Å². The van der Waals surface area contributed by atoms with Gasteiger partial charge in [0.15, 0.2) is 0 Å². The quantitative estimate of drug-likeness (QED) is 0.869. The minimum atomic E-state index is 0. The van der Waals surface area contributed by atoms with Crippen LogP contribution in [0.5, 0.6) is 0 Å². The number of hydrogen-bond donors (Lipinski definition) is 2. The van der Waals surface area contributed by atoms with Crippen LogP contribution >= 0.6 is 12.4 Å². The molecule has 1 aliphatic rings. The molecule has 1 aromatic carbocycles. The van der Waals surface area contributed by atoms with Crippen LogP contribution in [0.25, 0.3) is 0 Å². The van der Waals surface area contributed by atoms with Gasteiger partial charge in [0.2, 0.25) is 5.91 Å². The number of nitrogens with one attached hydrogen (secondary N) is 1. The normalized spacial score (nSPS) is 18.9. The highest BCUT2D eigenvalue weighted by Crippen LogP contribution is 2.06. The summed E-state index contributed by atoms with van der Waals surface area (Å²) in [5.41, 5.74) is 8.17. The number of rotatable bonds is 4. The molecule has 0 saturated carbocycles. The van der Waals surface area contributed by atoms with Gasteiger partial charge < -0.3 is 11.1 Å². The molecule has 106 valence electrons. The SMILES string of the molecule is Cc1ccc(CNC(=O)CN2CC[C@@H](N)C2)cc1.Cl. The van der Waals surface area contributed by atoms with Crippen molar-refractivity contribution >= 4 is 18.3 Å². The van der Waals surface area contributed by atoms with Crippen molar-refractivity contribution in [1.29, 1.82) is 0 Å². The zero-order chi connectivity index (χ0) is 13.0. The summed E-state index contributed by atoms with van der Waals surface area (Å²) in [6.45, 7) is 4.87. The molecule has 0 bridgehead atoms. The lowest BCUT2D eigenvalue weighted by molar-refractivity contribution is -0.122. The third kappa shape index (κ3) is 5.19. The van der Waals surface area contributed by atoms with Gasteiger partial charge in [-0.15, -0.1) is 12.4 Å². The molecule has 3 N–H and O–H groups in total. The number of halogens is 1.